The Morgan fingerprint density at radius 2 is 1.96 bits per heavy atom. The minimum atomic E-state index is -0.651. The standard InChI is InChI=1S/C21H24N2O4/c1-15-7-9-16(10-8-15)12-23-18(13-27-14-20(23)24)21(25)22-11-17-5-3-4-6-19(17)26-2/h3-10,18H,11-14H2,1-2H3,(H,22,25)/t18-/m0/s1. The third-order valence-corrected chi connectivity index (χ3v) is 4.62. The molecule has 1 atom stereocenters. The Labute approximate surface area is 159 Å². The quantitative estimate of drug-likeness (QED) is 0.847. The summed E-state index contributed by atoms with van der Waals surface area (Å²) in [5.74, 6) is 0.297. The molecule has 2 aromatic carbocycles. The third kappa shape index (κ3) is 4.65. The molecule has 1 fully saturated rings. The number of hydrogen-bond donors (Lipinski definition) is 1. The zero-order valence-corrected chi connectivity index (χ0v) is 15.6. The highest BCUT2D eigenvalue weighted by Crippen LogP contribution is 2.18. The fraction of sp³-hybridized carbons (Fsp3) is 0.333. The maximum Gasteiger partial charge on any atom is 0.249 e. The van der Waals surface area contributed by atoms with Crippen LogP contribution in [0.15, 0.2) is 48.5 Å². The van der Waals surface area contributed by atoms with Gasteiger partial charge in [-0.2, -0.15) is 0 Å². The van der Waals surface area contributed by atoms with E-state index >= 15 is 0 Å². The first-order valence-corrected chi connectivity index (χ1v) is 8.91. The number of carbonyl (C=O) groups excluding carboxylic acids is 2. The van der Waals surface area contributed by atoms with Gasteiger partial charge in [-0.25, -0.2) is 0 Å². The number of morpholine rings is 1. The van der Waals surface area contributed by atoms with Crippen LogP contribution in [0.2, 0.25) is 0 Å². The summed E-state index contributed by atoms with van der Waals surface area (Å²) in [5, 5.41) is 2.90. The fourth-order valence-corrected chi connectivity index (χ4v) is 3.06. The van der Waals surface area contributed by atoms with Gasteiger partial charge in [-0.1, -0.05) is 48.0 Å². The second kappa shape index (κ2) is 8.68. The number of para-hydroxylation sites is 1. The molecule has 27 heavy (non-hydrogen) atoms. The van der Waals surface area contributed by atoms with Gasteiger partial charge in [-0.05, 0) is 18.6 Å². The van der Waals surface area contributed by atoms with Crippen molar-refractivity contribution in [3.05, 3.63) is 65.2 Å². The number of benzene rings is 2. The number of aryl methyl sites for hydroxylation is 1. The van der Waals surface area contributed by atoms with E-state index in [0.29, 0.717) is 18.8 Å². The second-order valence-corrected chi connectivity index (χ2v) is 6.57. The lowest BCUT2D eigenvalue weighted by atomic mass is 10.1. The first kappa shape index (κ1) is 18.9. The molecule has 0 unspecified atom stereocenters. The topological polar surface area (TPSA) is 67.9 Å². The van der Waals surface area contributed by atoms with Gasteiger partial charge in [-0.3, -0.25) is 9.59 Å². The van der Waals surface area contributed by atoms with Crippen molar-refractivity contribution < 1.29 is 19.1 Å². The van der Waals surface area contributed by atoms with Crippen LogP contribution >= 0.6 is 0 Å². The highest BCUT2D eigenvalue weighted by molar-refractivity contribution is 5.89. The summed E-state index contributed by atoms with van der Waals surface area (Å²) in [6.07, 6.45) is 0. The number of methoxy groups -OCH3 is 1. The predicted octanol–water partition coefficient (Wildman–Crippen LogP) is 2.05. The van der Waals surface area contributed by atoms with Crippen LogP contribution in [-0.4, -0.2) is 43.1 Å². The monoisotopic (exact) mass is 368 g/mol. The normalized spacial score (nSPS) is 16.9. The Kier molecular flexibility index (Phi) is 6.08. The van der Waals surface area contributed by atoms with Gasteiger partial charge in [-0.15, -0.1) is 0 Å². The first-order valence-electron chi connectivity index (χ1n) is 8.91. The third-order valence-electron chi connectivity index (χ3n) is 4.62. The summed E-state index contributed by atoms with van der Waals surface area (Å²) in [5.41, 5.74) is 3.01. The summed E-state index contributed by atoms with van der Waals surface area (Å²) < 4.78 is 10.6. The molecule has 0 spiro atoms. The van der Waals surface area contributed by atoms with Gasteiger partial charge in [0.2, 0.25) is 11.8 Å². The number of ether oxygens (including phenoxy) is 2. The van der Waals surface area contributed by atoms with E-state index in [9.17, 15) is 9.59 Å². The second-order valence-electron chi connectivity index (χ2n) is 6.57. The molecule has 6 nitrogen and oxygen atoms in total. The summed E-state index contributed by atoms with van der Waals surface area (Å²) >= 11 is 0. The molecule has 0 aliphatic carbocycles. The van der Waals surface area contributed by atoms with E-state index in [-0.39, 0.29) is 25.0 Å². The predicted molar refractivity (Wildman–Crippen MR) is 101 cm³/mol. The molecule has 1 aliphatic heterocycles. The van der Waals surface area contributed by atoms with Crippen molar-refractivity contribution in [2.24, 2.45) is 0 Å². The van der Waals surface area contributed by atoms with Crippen molar-refractivity contribution in [2.45, 2.75) is 26.1 Å². The number of carbonyl (C=O) groups is 2. The molecule has 1 aliphatic rings. The molecule has 2 aromatic rings. The van der Waals surface area contributed by atoms with Crippen LogP contribution < -0.4 is 10.1 Å². The summed E-state index contributed by atoms with van der Waals surface area (Å²) in [6.45, 7) is 2.91. The highest BCUT2D eigenvalue weighted by atomic mass is 16.5. The molecule has 0 saturated carbocycles. The number of nitrogens with zero attached hydrogens (tertiary/aromatic N) is 1. The lowest BCUT2D eigenvalue weighted by molar-refractivity contribution is -0.155. The Hall–Kier alpha value is -2.86. The van der Waals surface area contributed by atoms with E-state index < -0.39 is 6.04 Å². The smallest absolute Gasteiger partial charge is 0.249 e. The number of amides is 2. The lowest BCUT2D eigenvalue weighted by Gasteiger charge is -2.34. The van der Waals surface area contributed by atoms with E-state index in [1.807, 2.05) is 55.5 Å². The molecule has 0 bridgehead atoms. The molecule has 0 aromatic heterocycles. The van der Waals surface area contributed by atoms with E-state index in [2.05, 4.69) is 5.32 Å². The van der Waals surface area contributed by atoms with Gasteiger partial charge >= 0.3 is 0 Å². The largest absolute Gasteiger partial charge is 0.496 e. The van der Waals surface area contributed by atoms with Crippen LogP contribution in [0.5, 0.6) is 5.75 Å². The van der Waals surface area contributed by atoms with Crippen LogP contribution in [-0.2, 0) is 27.4 Å². The summed E-state index contributed by atoms with van der Waals surface area (Å²) in [6, 6.07) is 14.8. The maximum absolute atomic E-state index is 12.7. The number of nitrogens with one attached hydrogen (secondary N) is 1. The Morgan fingerprint density at radius 3 is 2.70 bits per heavy atom. The zero-order valence-electron chi connectivity index (χ0n) is 15.6. The van der Waals surface area contributed by atoms with E-state index in [1.165, 1.54) is 0 Å². The van der Waals surface area contributed by atoms with Crippen LogP contribution in [0, 0.1) is 6.92 Å². The van der Waals surface area contributed by atoms with Crippen molar-refractivity contribution in [3.63, 3.8) is 0 Å². The molecule has 1 heterocycles. The van der Waals surface area contributed by atoms with Crippen molar-refractivity contribution >= 4 is 11.8 Å². The van der Waals surface area contributed by atoms with Gasteiger partial charge < -0.3 is 19.7 Å². The first-order chi connectivity index (χ1) is 13.1. The SMILES string of the molecule is COc1ccccc1CNC(=O)[C@@H]1COCC(=O)N1Cc1ccc(C)cc1. The van der Waals surface area contributed by atoms with Gasteiger partial charge in [0.25, 0.3) is 0 Å². The molecular weight excluding hydrogens is 344 g/mol. The van der Waals surface area contributed by atoms with E-state index in [1.54, 1.807) is 12.0 Å². The summed E-state index contributed by atoms with van der Waals surface area (Å²) in [7, 11) is 1.59. The Balaban J connectivity index is 1.68. The van der Waals surface area contributed by atoms with Gasteiger partial charge in [0, 0.05) is 18.7 Å². The molecule has 142 valence electrons. The van der Waals surface area contributed by atoms with Crippen molar-refractivity contribution in [1.82, 2.24) is 10.2 Å². The van der Waals surface area contributed by atoms with Crippen LogP contribution in [0.3, 0.4) is 0 Å². The van der Waals surface area contributed by atoms with Crippen LogP contribution in [0.25, 0.3) is 0 Å². The molecule has 3 rings (SSSR count). The van der Waals surface area contributed by atoms with E-state index in [0.717, 1.165) is 16.7 Å². The Morgan fingerprint density at radius 1 is 1.22 bits per heavy atom. The minimum Gasteiger partial charge on any atom is -0.496 e. The van der Waals surface area contributed by atoms with Crippen molar-refractivity contribution in [2.75, 3.05) is 20.3 Å². The minimum absolute atomic E-state index is 0.00213. The zero-order chi connectivity index (χ0) is 19.2. The fourth-order valence-electron chi connectivity index (χ4n) is 3.06. The molecular formula is C21H24N2O4. The molecule has 1 N–H and O–H groups in total. The van der Waals surface area contributed by atoms with Crippen LogP contribution in [0.4, 0.5) is 0 Å². The lowest BCUT2D eigenvalue weighted by Crippen LogP contribution is -2.55. The highest BCUT2D eigenvalue weighted by Gasteiger charge is 2.34. The van der Waals surface area contributed by atoms with Gasteiger partial charge in [0.15, 0.2) is 0 Å². The molecule has 0 radical (unpaired) electrons. The van der Waals surface area contributed by atoms with E-state index in [4.69, 9.17) is 9.47 Å². The average molecular weight is 368 g/mol. The Bertz CT molecular complexity index is 804. The van der Waals surface area contributed by atoms with Crippen molar-refractivity contribution in [3.8, 4) is 5.75 Å². The molecule has 6 heteroatoms. The number of rotatable bonds is 6. The molecule has 2 amide bonds. The maximum atomic E-state index is 12.7. The van der Waals surface area contributed by atoms with Crippen LogP contribution in [0.1, 0.15) is 16.7 Å². The summed E-state index contributed by atoms with van der Waals surface area (Å²) in [4.78, 5) is 26.7. The van der Waals surface area contributed by atoms with Gasteiger partial charge in [0.1, 0.15) is 18.4 Å². The van der Waals surface area contributed by atoms with Gasteiger partial charge in [0.05, 0.1) is 13.7 Å². The van der Waals surface area contributed by atoms with Crippen molar-refractivity contribution in [1.29, 1.82) is 0 Å². The molecule has 1 saturated heterocycles. The average Bonchev–Trinajstić information content (AvgIpc) is 2.69. The number of hydrogen-bond acceptors (Lipinski definition) is 4.